The first-order valence-electron chi connectivity index (χ1n) is 13.4. The van der Waals surface area contributed by atoms with Gasteiger partial charge in [-0.1, -0.05) is 27.7 Å². The average Bonchev–Trinajstić information content (AvgIpc) is 3.33. The molecule has 0 aromatic heterocycles. The largest absolute Gasteiger partial charge is 0.673 e. The fraction of sp³-hybridized carbons (Fsp3) is 0.846. The van der Waals surface area contributed by atoms with Crippen LogP contribution in [-0.4, -0.2) is 42.2 Å². The van der Waals surface area contributed by atoms with E-state index in [1.807, 2.05) is 0 Å². The second kappa shape index (κ2) is 20.3. The van der Waals surface area contributed by atoms with E-state index in [-0.39, 0.29) is 19.5 Å². The Hall–Kier alpha value is 1.27. The summed E-state index contributed by atoms with van der Waals surface area (Å²) in [6, 6.07) is 0. The number of hydrogen-bond donors (Lipinski definition) is 0. The molecule has 1 saturated carbocycles. The number of halogens is 4. The van der Waals surface area contributed by atoms with E-state index >= 15 is 0 Å². The number of rotatable bonds is 7. The van der Waals surface area contributed by atoms with Crippen LogP contribution in [0.4, 0.5) is 17.3 Å². The average molecular weight is 612 g/mol. The Balaban J connectivity index is 0.000000642. The zero-order valence-electron chi connectivity index (χ0n) is 21.8. The summed E-state index contributed by atoms with van der Waals surface area (Å²) < 4.78 is 39.0. The summed E-state index contributed by atoms with van der Waals surface area (Å²) in [5.74, 6) is 0. The van der Waals surface area contributed by atoms with E-state index in [1.165, 1.54) is 51.4 Å². The molecule has 0 aromatic carbocycles. The van der Waals surface area contributed by atoms with Crippen LogP contribution in [0.1, 0.15) is 105 Å². The van der Waals surface area contributed by atoms with Gasteiger partial charge in [0.2, 0.25) is 0 Å². The standard InChI is InChI=1S/C18H36P2.C8H12.BF4.Rh/c1-5-15-9-10-16(6-2)19(15)13-14-20-17(7-3)11-12-18(20)8-4;1-2-4-6-8-7-5-3-1;2-1(3,4)5;/h15-18H,5-14H2,1-4H3;1-2,7-8H,3-6H2;;/q;;-1;/t15-,16-,17-,18-;;;/m1.../s1. The molecule has 3 aliphatic rings. The molecule has 203 valence electrons. The molecule has 0 aromatic rings. The first-order chi connectivity index (χ1) is 15.7. The van der Waals surface area contributed by atoms with Crippen LogP contribution in [0.15, 0.2) is 0 Å². The molecular weight excluding hydrogens is 564 g/mol. The Morgan fingerprint density at radius 3 is 0.941 bits per heavy atom. The summed E-state index contributed by atoms with van der Waals surface area (Å²) in [7, 11) is -5.24. The first kappa shape index (κ1) is 35.3. The summed E-state index contributed by atoms with van der Waals surface area (Å²) >= 11 is 0. The van der Waals surface area contributed by atoms with Crippen molar-refractivity contribution >= 4 is 23.1 Å². The van der Waals surface area contributed by atoms with Crippen LogP contribution >= 0.6 is 15.8 Å². The summed E-state index contributed by atoms with van der Waals surface area (Å²) in [6.07, 6.45) is 29.4. The van der Waals surface area contributed by atoms with Crippen molar-refractivity contribution in [2.45, 2.75) is 127 Å². The summed E-state index contributed by atoms with van der Waals surface area (Å²) in [4.78, 5) is 0. The van der Waals surface area contributed by atoms with Gasteiger partial charge in [0.1, 0.15) is 0 Å². The quantitative estimate of drug-likeness (QED) is 0.153. The van der Waals surface area contributed by atoms with Crippen molar-refractivity contribution in [1.82, 2.24) is 0 Å². The van der Waals surface area contributed by atoms with Crippen molar-refractivity contribution in [3.05, 3.63) is 25.7 Å². The molecule has 8 heteroatoms. The first-order valence-corrected chi connectivity index (χ1v) is 16.8. The molecule has 0 nitrogen and oxygen atoms in total. The van der Waals surface area contributed by atoms with Crippen molar-refractivity contribution in [1.29, 1.82) is 0 Å². The van der Waals surface area contributed by atoms with Gasteiger partial charge >= 0.3 is 7.25 Å². The van der Waals surface area contributed by atoms with Gasteiger partial charge in [0.05, 0.1) is 0 Å². The maximum atomic E-state index is 9.75. The maximum Gasteiger partial charge on any atom is 0.673 e. The SMILES string of the molecule is CC[C@@H]1CC[C@@H](CC)P1CCP1[C@H](CC)CC[C@H]1CC.F[B-](F)(F)F.[CH]1[CH]CC[CH][CH]CC1.[Rh]. The van der Waals surface area contributed by atoms with Gasteiger partial charge in [-0.2, -0.15) is 0 Å². The van der Waals surface area contributed by atoms with E-state index in [1.54, 1.807) is 38.0 Å². The van der Waals surface area contributed by atoms with Gasteiger partial charge in [0.25, 0.3) is 0 Å². The molecule has 34 heavy (non-hydrogen) atoms. The molecule has 1 aliphatic carbocycles. The van der Waals surface area contributed by atoms with Crippen molar-refractivity contribution in [3.8, 4) is 0 Å². The molecule has 3 fully saturated rings. The third-order valence-corrected chi connectivity index (χ3v) is 15.5. The second-order valence-corrected chi connectivity index (χ2v) is 15.3. The Kier molecular flexibility index (Phi) is 21.0. The molecule has 5 radical (unpaired) electrons. The fourth-order valence-electron chi connectivity index (χ4n) is 5.60. The van der Waals surface area contributed by atoms with Crippen molar-refractivity contribution in [2.75, 3.05) is 12.3 Å². The third-order valence-electron chi connectivity index (χ3n) is 7.38. The molecule has 0 unspecified atom stereocenters. The Morgan fingerprint density at radius 2 is 0.765 bits per heavy atom. The summed E-state index contributed by atoms with van der Waals surface area (Å²) in [5.41, 5.74) is 4.53. The van der Waals surface area contributed by atoms with Gasteiger partial charge in [0.15, 0.2) is 0 Å². The minimum Gasteiger partial charge on any atom is -0.418 e. The minimum absolute atomic E-state index is 0. The predicted molar refractivity (Wildman–Crippen MR) is 144 cm³/mol. The van der Waals surface area contributed by atoms with Crippen LogP contribution in [0.25, 0.3) is 0 Å². The van der Waals surface area contributed by atoms with Gasteiger partial charge < -0.3 is 17.3 Å². The smallest absolute Gasteiger partial charge is 0.418 e. The van der Waals surface area contributed by atoms with Gasteiger partial charge in [0, 0.05) is 19.5 Å². The van der Waals surface area contributed by atoms with Crippen LogP contribution in [0, 0.1) is 25.7 Å². The van der Waals surface area contributed by atoms with Gasteiger partial charge in [-0.3, -0.25) is 0 Å². The maximum absolute atomic E-state index is 9.75. The zero-order chi connectivity index (χ0) is 24.7. The zero-order valence-corrected chi connectivity index (χ0v) is 25.3. The Labute approximate surface area is 224 Å². The Bertz CT molecular complexity index is 402. The van der Waals surface area contributed by atoms with E-state index in [0.29, 0.717) is 15.8 Å². The molecular formula is C26H48BF4P2Rh-. The molecule has 2 saturated heterocycles. The van der Waals surface area contributed by atoms with Crippen LogP contribution in [0.3, 0.4) is 0 Å². The van der Waals surface area contributed by atoms with Gasteiger partial charge in [-0.25, -0.2) is 0 Å². The van der Waals surface area contributed by atoms with E-state index in [2.05, 4.69) is 53.4 Å². The topological polar surface area (TPSA) is 0 Å². The predicted octanol–water partition coefficient (Wildman–Crippen LogP) is 10.3. The molecule has 0 spiro atoms. The second-order valence-electron chi connectivity index (χ2n) is 9.47. The molecule has 0 amide bonds. The minimum atomic E-state index is -6.00. The fourth-order valence-corrected chi connectivity index (χ4v) is 13.9. The van der Waals surface area contributed by atoms with Crippen LogP contribution < -0.4 is 0 Å². The summed E-state index contributed by atoms with van der Waals surface area (Å²) in [5, 5.41) is 0. The number of hydrogen-bond acceptors (Lipinski definition) is 0. The van der Waals surface area contributed by atoms with Crippen molar-refractivity contribution < 1.29 is 36.7 Å². The molecule has 2 aliphatic heterocycles. The van der Waals surface area contributed by atoms with Gasteiger partial charge in [-0.15, -0.1) is 15.8 Å². The molecule has 2 heterocycles. The Morgan fingerprint density at radius 1 is 0.559 bits per heavy atom. The summed E-state index contributed by atoms with van der Waals surface area (Å²) in [6.45, 7) is 9.79. The van der Waals surface area contributed by atoms with E-state index in [0.717, 1.165) is 22.6 Å². The van der Waals surface area contributed by atoms with Crippen LogP contribution in [0.2, 0.25) is 0 Å². The normalized spacial score (nSPS) is 28.6. The van der Waals surface area contributed by atoms with Crippen molar-refractivity contribution in [2.24, 2.45) is 0 Å². The molecule has 3 rings (SSSR count). The third kappa shape index (κ3) is 14.9. The van der Waals surface area contributed by atoms with Gasteiger partial charge in [-0.05, 0) is 138 Å². The monoisotopic (exact) mass is 612 g/mol. The molecule has 0 N–H and O–H groups in total. The van der Waals surface area contributed by atoms with E-state index < -0.39 is 7.25 Å². The van der Waals surface area contributed by atoms with E-state index in [9.17, 15) is 17.3 Å². The molecule has 0 bridgehead atoms. The van der Waals surface area contributed by atoms with Crippen LogP contribution in [0.5, 0.6) is 0 Å². The van der Waals surface area contributed by atoms with Crippen LogP contribution in [-0.2, 0) is 19.5 Å². The van der Waals surface area contributed by atoms with E-state index in [4.69, 9.17) is 0 Å². The van der Waals surface area contributed by atoms with Crippen molar-refractivity contribution in [3.63, 3.8) is 0 Å². The molecule has 4 atom stereocenters.